The van der Waals surface area contributed by atoms with Gasteiger partial charge >= 0.3 is 0 Å². The first-order chi connectivity index (χ1) is 13.3. The fourth-order valence-corrected chi connectivity index (χ4v) is 10.5. The predicted molar refractivity (Wildman–Crippen MR) is 124 cm³/mol. The van der Waals surface area contributed by atoms with E-state index >= 15 is 0 Å². The van der Waals surface area contributed by atoms with Gasteiger partial charge in [0.1, 0.15) is 0 Å². The van der Waals surface area contributed by atoms with E-state index in [2.05, 4.69) is 97.9 Å². The van der Waals surface area contributed by atoms with Crippen LogP contribution in [0.2, 0.25) is 0 Å². The molecule has 0 amide bonds. The Hall–Kier alpha value is -1.48. The topological polar surface area (TPSA) is 0 Å². The maximum Gasteiger partial charge on any atom is -0.0151 e. The molecule has 0 spiro atoms. The van der Waals surface area contributed by atoms with Gasteiger partial charge in [0, 0.05) is 0 Å². The third-order valence-corrected chi connectivity index (χ3v) is 11.5. The summed E-state index contributed by atoms with van der Waals surface area (Å²) in [5.41, 5.74) is 1.59. The maximum absolute atomic E-state index is 2.50. The van der Waals surface area contributed by atoms with Crippen molar-refractivity contribution in [2.45, 2.75) is 37.5 Å². The molecule has 0 N–H and O–H groups in total. The molecule has 1 aliphatic heterocycles. The van der Waals surface area contributed by atoms with Crippen molar-refractivity contribution < 1.29 is 0 Å². The molecule has 0 saturated carbocycles. The van der Waals surface area contributed by atoms with E-state index in [9.17, 15) is 0 Å². The lowest BCUT2D eigenvalue weighted by Crippen LogP contribution is -2.23. The van der Waals surface area contributed by atoms with Crippen molar-refractivity contribution in [1.29, 1.82) is 0 Å². The molecule has 0 aliphatic carbocycles. The zero-order valence-corrected chi connectivity index (χ0v) is 17.8. The van der Waals surface area contributed by atoms with Crippen LogP contribution in [0, 0.1) is 0 Å². The van der Waals surface area contributed by atoms with Crippen molar-refractivity contribution in [1.82, 2.24) is 0 Å². The summed E-state index contributed by atoms with van der Waals surface area (Å²) in [6, 6.07) is 33.8. The van der Waals surface area contributed by atoms with E-state index in [1.165, 1.54) is 36.0 Å². The van der Waals surface area contributed by atoms with Crippen molar-refractivity contribution in [2.75, 3.05) is 6.16 Å². The fraction of sp³-hybridized carbons (Fsp3) is 0.280. The summed E-state index contributed by atoms with van der Waals surface area (Å²) in [6.45, 7) is 2.50. The lowest BCUT2D eigenvalue weighted by Gasteiger charge is -2.30. The van der Waals surface area contributed by atoms with Crippen molar-refractivity contribution in [2.24, 2.45) is 0 Å². The first-order valence-corrected chi connectivity index (χ1v) is 13.0. The molecule has 138 valence electrons. The molecule has 27 heavy (non-hydrogen) atoms. The van der Waals surface area contributed by atoms with Crippen LogP contribution in [0.1, 0.15) is 26.2 Å². The van der Waals surface area contributed by atoms with Crippen LogP contribution in [-0.2, 0) is 0 Å². The Kier molecular flexibility index (Phi) is 6.39. The average molecular weight is 390 g/mol. The maximum atomic E-state index is 2.50. The lowest BCUT2D eigenvalue weighted by molar-refractivity contribution is 0.706. The van der Waals surface area contributed by atoms with Crippen molar-refractivity contribution in [3.8, 4) is 0 Å². The van der Waals surface area contributed by atoms with Gasteiger partial charge in [-0.15, -0.1) is 0 Å². The minimum atomic E-state index is -0.306. The minimum Gasteiger partial charge on any atom is -0.0721 e. The number of rotatable bonds is 6. The molecule has 2 heteroatoms. The van der Waals surface area contributed by atoms with Crippen LogP contribution in [0.5, 0.6) is 0 Å². The standard InChI is InChI=1S/C25H28P2/c1-21(20-25-18-11-19-26(25)22-12-5-2-6-13-22)27(23-14-7-3-8-15-23)24-16-9-4-10-17-24/h2-10,12-17,21,25H,11,18-20H2,1H3/t21-,25+,26+/m1/s1. The van der Waals surface area contributed by atoms with Crippen LogP contribution in [0.3, 0.4) is 0 Å². The van der Waals surface area contributed by atoms with E-state index in [4.69, 9.17) is 0 Å². The molecule has 1 fully saturated rings. The van der Waals surface area contributed by atoms with Gasteiger partial charge in [-0.25, -0.2) is 0 Å². The van der Waals surface area contributed by atoms with Gasteiger partial charge in [0.25, 0.3) is 0 Å². The van der Waals surface area contributed by atoms with E-state index in [0.29, 0.717) is 5.66 Å². The SMILES string of the molecule is C[C@H](C[C@@H]1CCC[P@@]1c1ccccc1)P(c1ccccc1)c1ccccc1. The summed E-state index contributed by atoms with van der Waals surface area (Å²) >= 11 is 0. The molecule has 0 unspecified atom stereocenters. The van der Waals surface area contributed by atoms with E-state index < -0.39 is 0 Å². The Morgan fingerprint density at radius 1 is 0.815 bits per heavy atom. The van der Waals surface area contributed by atoms with E-state index in [0.717, 1.165) is 5.66 Å². The van der Waals surface area contributed by atoms with E-state index in [1.54, 1.807) is 5.30 Å². The average Bonchev–Trinajstić information content (AvgIpc) is 3.18. The molecular weight excluding hydrogens is 362 g/mol. The summed E-state index contributed by atoms with van der Waals surface area (Å²) in [5, 5.41) is 4.66. The Balaban J connectivity index is 1.58. The Morgan fingerprint density at radius 3 is 1.89 bits per heavy atom. The highest BCUT2D eigenvalue weighted by atomic mass is 31.1. The third kappa shape index (κ3) is 4.51. The minimum absolute atomic E-state index is 0.0116. The highest BCUT2D eigenvalue weighted by molar-refractivity contribution is 7.73. The summed E-state index contributed by atoms with van der Waals surface area (Å²) in [7, 11) is -0.294. The van der Waals surface area contributed by atoms with Gasteiger partial charge in [-0.2, -0.15) is 0 Å². The second kappa shape index (κ2) is 9.14. The number of benzene rings is 3. The quantitative estimate of drug-likeness (QED) is 0.462. The molecule has 1 aliphatic rings. The molecule has 0 nitrogen and oxygen atoms in total. The summed E-state index contributed by atoms with van der Waals surface area (Å²) in [5.74, 6) is 0. The molecule has 0 bridgehead atoms. The van der Waals surface area contributed by atoms with Gasteiger partial charge in [-0.1, -0.05) is 106 Å². The van der Waals surface area contributed by atoms with Gasteiger partial charge in [0.15, 0.2) is 0 Å². The normalized spacial score (nSPS) is 20.7. The molecule has 3 atom stereocenters. The molecular formula is C25H28P2. The Bertz CT molecular complexity index is 777. The second-order valence-corrected chi connectivity index (χ2v) is 12.7. The largest absolute Gasteiger partial charge is 0.0721 e. The third-order valence-electron chi connectivity index (χ3n) is 5.59. The van der Waals surface area contributed by atoms with Gasteiger partial charge < -0.3 is 0 Å². The molecule has 0 aromatic heterocycles. The summed E-state index contributed by atoms with van der Waals surface area (Å²) in [4.78, 5) is 0. The number of hydrogen-bond acceptors (Lipinski definition) is 0. The van der Waals surface area contributed by atoms with Crippen LogP contribution in [0.4, 0.5) is 0 Å². The Labute approximate surface area is 166 Å². The van der Waals surface area contributed by atoms with Crippen LogP contribution < -0.4 is 15.9 Å². The van der Waals surface area contributed by atoms with Crippen LogP contribution >= 0.6 is 15.8 Å². The lowest BCUT2D eigenvalue weighted by atomic mass is 10.2. The summed E-state index contributed by atoms with van der Waals surface area (Å²) < 4.78 is 0. The fourth-order valence-electron chi connectivity index (χ4n) is 4.37. The molecule has 1 heterocycles. The van der Waals surface area contributed by atoms with Gasteiger partial charge in [0.2, 0.25) is 0 Å². The van der Waals surface area contributed by atoms with Crippen molar-refractivity contribution in [3.05, 3.63) is 91.0 Å². The predicted octanol–water partition coefficient (Wildman–Crippen LogP) is 5.87. The zero-order valence-electron chi connectivity index (χ0n) is 16.0. The highest BCUT2D eigenvalue weighted by Gasteiger charge is 2.32. The van der Waals surface area contributed by atoms with Crippen molar-refractivity contribution >= 4 is 31.8 Å². The first-order valence-electron chi connectivity index (χ1n) is 10.0. The van der Waals surface area contributed by atoms with Crippen LogP contribution in [-0.4, -0.2) is 17.5 Å². The van der Waals surface area contributed by atoms with E-state index in [-0.39, 0.29) is 15.8 Å². The van der Waals surface area contributed by atoms with E-state index in [1.807, 2.05) is 0 Å². The van der Waals surface area contributed by atoms with Crippen LogP contribution in [0.15, 0.2) is 91.0 Å². The molecule has 3 aromatic carbocycles. The molecule has 0 radical (unpaired) electrons. The van der Waals surface area contributed by atoms with Crippen LogP contribution in [0.25, 0.3) is 0 Å². The Morgan fingerprint density at radius 2 is 1.33 bits per heavy atom. The highest BCUT2D eigenvalue weighted by Crippen LogP contribution is 2.53. The molecule has 4 rings (SSSR count). The monoisotopic (exact) mass is 390 g/mol. The smallest absolute Gasteiger partial charge is 0.0151 e. The van der Waals surface area contributed by atoms with Crippen molar-refractivity contribution in [3.63, 3.8) is 0 Å². The number of hydrogen-bond donors (Lipinski definition) is 0. The van der Waals surface area contributed by atoms with Gasteiger partial charge in [0.05, 0.1) is 0 Å². The first kappa shape index (κ1) is 18.9. The zero-order chi connectivity index (χ0) is 18.5. The van der Waals surface area contributed by atoms with Gasteiger partial charge in [-0.3, -0.25) is 0 Å². The van der Waals surface area contributed by atoms with Gasteiger partial charge in [-0.05, 0) is 60.6 Å². The summed E-state index contributed by atoms with van der Waals surface area (Å²) in [6.07, 6.45) is 5.60. The molecule has 3 aromatic rings. The second-order valence-electron chi connectivity index (χ2n) is 7.45. The molecule has 1 saturated heterocycles.